The first-order valence-corrected chi connectivity index (χ1v) is 13.2. The van der Waals surface area contributed by atoms with Gasteiger partial charge < -0.3 is 4.90 Å². The number of anilines is 1. The third kappa shape index (κ3) is 5.03. The highest BCUT2D eigenvalue weighted by Crippen LogP contribution is 2.36. The zero-order valence-electron chi connectivity index (χ0n) is 19.4. The highest BCUT2D eigenvalue weighted by Gasteiger charge is 2.32. The average Bonchev–Trinajstić information content (AvgIpc) is 3.12. The topological polar surface area (TPSA) is 36.4 Å². The number of thioether (sulfide) groups is 1. The number of nitrogens with zero attached hydrogens (tertiary/aromatic N) is 3. The molecule has 0 radical (unpaired) electrons. The van der Waals surface area contributed by atoms with Crippen LogP contribution in [0.2, 0.25) is 0 Å². The van der Waals surface area contributed by atoms with E-state index in [0.29, 0.717) is 15.8 Å². The number of para-hydroxylation sites is 1. The van der Waals surface area contributed by atoms with Crippen LogP contribution < -0.4 is 4.90 Å². The lowest BCUT2D eigenvalue weighted by molar-refractivity contribution is -0.122. The fourth-order valence-electron chi connectivity index (χ4n) is 4.62. The van der Waals surface area contributed by atoms with E-state index < -0.39 is 0 Å². The number of fused-ring (bicyclic) bond motifs is 1. The van der Waals surface area contributed by atoms with Crippen molar-refractivity contribution in [3.63, 3.8) is 0 Å². The lowest BCUT2D eigenvalue weighted by Crippen LogP contribution is -2.34. The molecule has 3 aromatic rings. The standard InChI is InChI=1S/C28H29N3OS2/c1-20-13-16-30(17-14-20)26-23(18-22-11-5-6-12-24(22)29-26)19-25-27(32)31(28(33)34-25)15-7-10-21-8-3-2-4-9-21/h2-6,8-9,11-12,18-20H,7,10,13-17H2,1H3/b25-19-. The normalized spacial score (nSPS) is 18.4. The number of carbonyl (C=O) groups excluding carboxylic acids is 1. The third-order valence-corrected chi connectivity index (χ3v) is 8.04. The predicted octanol–water partition coefficient (Wildman–Crippen LogP) is 6.31. The average molecular weight is 488 g/mol. The minimum atomic E-state index is 0.00874. The van der Waals surface area contributed by atoms with Crippen molar-refractivity contribution in [1.29, 1.82) is 0 Å². The Kier molecular flexibility index (Phi) is 6.97. The fraction of sp³-hybridized carbons (Fsp3) is 0.321. The molecule has 2 aliphatic rings. The van der Waals surface area contributed by atoms with Gasteiger partial charge >= 0.3 is 0 Å². The van der Waals surface area contributed by atoms with E-state index in [1.165, 1.54) is 17.3 Å². The molecule has 174 valence electrons. The highest BCUT2D eigenvalue weighted by molar-refractivity contribution is 8.26. The Hall–Kier alpha value is -2.70. The van der Waals surface area contributed by atoms with Crippen LogP contribution in [0.1, 0.15) is 37.3 Å². The minimum Gasteiger partial charge on any atom is -0.356 e. The number of rotatable bonds is 6. The molecule has 1 aromatic heterocycles. The Morgan fingerprint density at radius 3 is 2.62 bits per heavy atom. The van der Waals surface area contributed by atoms with Crippen molar-refractivity contribution in [3.8, 4) is 0 Å². The number of amides is 1. The number of pyridine rings is 1. The highest BCUT2D eigenvalue weighted by atomic mass is 32.2. The number of benzene rings is 2. The van der Waals surface area contributed by atoms with Gasteiger partial charge in [0.05, 0.1) is 10.4 Å². The Balaban J connectivity index is 1.39. The Morgan fingerprint density at radius 1 is 1.09 bits per heavy atom. The van der Waals surface area contributed by atoms with Gasteiger partial charge in [0.2, 0.25) is 0 Å². The lowest BCUT2D eigenvalue weighted by atomic mass is 9.98. The number of hydrogen-bond donors (Lipinski definition) is 0. The van der Waals surface area contributed by atoms with E-state index in [9.17, 15) is 4.79 Å². The molecule has 6 heteroatoms. The van der Waals surface area contributed by atoms with Gasteiger partial charge in [-0.2, -0.15) is 0 Å². The van der Waals surface area contributed by atoms with Crippen LogP contribution in [0.5, 0.6) is 0 Å². The zero-order chi connectivity index (χ0) is 23.5. The van der Waals surface area contributed by atoms with Gasteiger partial charge in [-0.3, -0.25) is 9.69 Å². The molecule has 0 saturated carbocycles. The first-order chi connectivity index (χ1) is 16.6. The number of hydrogen-bond acceptors (Lipinski definition) is 5. The van der Waals surface area contributed by atoms with Crippen LogP contribution in [0.3, 0.4) is 0 Å². The van der Waals surface area contributed by atoms with E-state index in [-0.39, 0.29) is 5.91 Å². The van der Waals surface area contributed by atoms with E-state index in [0.717, 1.165) is 67.0 Å². The number of aryl methyl sites for hydroxylation is 1. The number of carbonyl (C=O) groups is 1. The Morgan fingerprint density at radius 2 is 1.82 bits per heavy atom. The van der Waals surface area contributed by atoms with Gasteiger partial charge in [-0.15, -0.1) is 0 Å². The Bertz CT molecular complexity index is 1230. The molecule has 2 aromatic carbocycles. The zero-order valence-corrected chi connectivity index (χ0v) is 21.1. The van der Waals surface area contributed by atoms with Gasteiger partial charge in [0.1, 0.15) is 10.1 Å². The molecule has 1 amide bonds. The van der Waals surface area contributed by atoms with Crippen molar-refractivity contribution in [2.45, 2.75) is 32.6 Å². The summed E-state index contributed by atoms with van der Waals surface area (Å²) in [4.78, 5) is 23.1. The van der Waals surface area contributed by atoms with Crippen LogP contribution in [0.4, 0.5) is 5.82 Å². The summed E-state index contributed by atoms with van der Waals surface area (Å²) in [6, 6.07) is 20.7. The first-order valence-electron chi connectivity index (χ1n) is 12.0. The van der Waals surface area contributed by atoms with E-state index in [4.69, 9.17) is 17.2 Å². The van der Waals surface area contributed by atoms with Crippen molar-refractivity contribution in [1.82, 2.24) is 9.88 Å². The molecular formula is C28H29N3OS2. The number of thiocarbonyl (C=S) groups is 1. The van der Waals surface area contributed by atoms with Gasteiger partial charge in [-0.05, 0) is 55.4 Å². The third-order valence-electron chi connectivity index (χ3n) is 6.67. The maximum absolute atomic E-state index is 13.3. The summed E-state index contributed by atoms with van der Waals surface area (Å²) in [5.74, 6) is 1.72. The van der Waals surface area contributed by atoms with E-state index in [1.807, 2.05) is 24.3 Å². The van der Waals surface area contributed by atoms with Gasteiger partial charge in [0, 0.05) is 30.6 Å². The summed E-state index contributed by atoms with van der Waals surface area (Å²) in [7, 11) is 0. The van der Waals surface area contributed by atoms with Crippen LogP contribution in [0, 0.1) is 5.92 Å². The predicted molar refractivity (Wildman–Crippen MR) is 147 cm³/mol. The van der Waals surface area contributed by atoms with Gasteiger partial charge in [0.25, 0.3) is 5.91 Å². The SMILES string of the molecule is CC1CCN(c2nc3ccccc3cc2/C=C2\SC(=S)N(CCCc3ccccc3)C2=O)CC1. The molecule has 0 bridgehead atoms. The van der Waals surface area contributed by atoms with Gasteiger partial charge in [0.15, 0.2) is 0 Å². The van der Waals surface area contributed by atoms with Crippen LogP contribution in [-0.4, -0.2) is 39.7 Å². The number of aromatic nitrogens is 1. The van der Waals surface area contributed by atoms with Gasteiger partial charge in [-0.1, -0.05) is 79.4 Å². The van der Waals surface area contributed by atoms with E-state index >= 15 is 0 Å². The Labute approximate surface area is 211 Å². The molecule has 0 N–H and O–H groups in total. The molecule has 0 unspecified atom stereocenters. The van der Waals surface area contributed by atoms with Crippen molar-refractivity contribution in [2.75, 3.05) is 24.5 Å². The first kappa shape index (κ1) is 23.1. The summed E-state index contributed by atoms with van der Waals surface area (Å²) in [5, 5.41) is 1.08. The van der Waals surface area contributed by atoms with E-state index in [1.54, 1.807) is 4.90 Å². The van der Waals surface area contributed by atoms with Crippen molar-refractivity contribution >= 4 is 57.0 Å². The summed E-state index contributed by atoms with van der Waals surface area (Å²) in [6.45, 7) is 4.94. The molecule has 2 fully saturated rings. The lowest BCUT2D eigenvalue weighted by Gasteiger charge is -2.32. The summed E-state index contributed by atoms with van der Waals surface area (Å²) < 4.78 is 0.645. The molecule has 0 aliphatic carbocycles. The molecule has 0 spiro atoms. The summed E-state index contributed by atoms with van der Waals surface area (Å²) in [5.41, 5.74) is 3.27. The fourth-order valence-corrected chi connectivity index (χ4v) is 5.92. The maximum Gasteiger partial charge on any atom is 0.266 e. The molecule has 2 aliphatic heterocycles. The van der Waals surface area contributed by atoms with Crippen molar-refractivity contribution in [3.05, 3.63) is 76.7 Å². The van der Waals surface area contributed by atoms with Crippen LogP contribution in [-0.2, 0) is 11.2 Å². The second-order valence-corrected chi connectivity index (χ2v) is 10.9. The van der Waals surface area contributed by atoms with Crippen molar-refractivity contribution < 1.29 is 4.79 Å². The monoisotopic (exact) mass is 487 g/mol. The van der Waals surface area contributed by atoms with E-state index in [2.05, 4.69) is 54.3 Å². The molecule has 34 heavy (non-hydrogen) atoms. The molecular weight excluding hydrogens is 458 g/mol. The van der Waals surface area contributed by atoms with Gasteiger partial charge in [-0.25, -0.2) is 4.98 Å². The second kappa shape index (κ2) is 10.3. The summed E-state index contributed by atoms with van der Waals surface area (Å²) >= 11 is 7.00. The molecule has 3 heterocycles. The minimum absolute atomic E-state index is 0.00874. The maximum atomic E-state index is 13.3. The quantitative estimate of drug-likeness (QED) is 0.301. The molecule has 2 saturated heterocycles. The molecule has 4 nitrogen and oxygen atoms in total. The largest absolute Gasteiger partial charge is 0.356 e. The van der Waals surface area contributed by atoms with Crippen molar-refractivity contribution in [2.24, 2.45) is 5.92 Å². The second-order valence-electron chi connectivity index (χ2n) is 9.19. The smallest absolute Gasteiger partial charge is 0.266 e. The van der Waals surface area contributed by atoms with Crippen LogP contribution >= 0.6 is 24.0 Å². The summed E-state index contributed by atoms with van der Waals surface area (Å²) in [6.07, 6.45) is 6.15. The number of piperidine rings is 1. The molecule has 0 atom stereocenters. The molecule has 5 rings (SSSR count). The van der Waals surface area contributed by atoms with Crippen LogP contribution in [0.15, 0.2) is 65.6 Å². The van der Waals surface area contributed by atoms with Crippen LogP contribution in [0.25, 0.3) is 17.0 Å².